The number of aromatic nitrogens is 1. The molecule has 128 valence electrons. The Bertz CT molecular complexity index is 965. The molecule has 0 aliphatic rings. The molecule has 0 saturated heterocycles. The molecule has 0 atom stereocenters. The molecule has 1 aromatic heterocycles. The van der Waals surface area contributed by atoms with Gasteiger partial charge < -0.3 is 19.8 Å². The molecular weight excluding hydrogens is 344 g/mol. The summed E-state index contributed by atoms with van der Waals surface area (Å²) in [6.07, 6.45) is 1.49. The SMILES string of the molecule is COc1ccc(OC)c(NC(=O)C(=O)c2c[nH]c3ccc(Cl)cc23)c1. The first-order valence-corrected chi connectivity index (χ1v) is 7.75. The summed E-state index contributed by atoms with van der Waals surface area (Å²) in [5.41, 5.74) is 1.31. The first kappa shape index (κ1) is 16.9. The van der Waals surface area contributed by atoms with Crippen molar-refractivity contribution in [3.63, 3.8) is 0 Å². The number of Topliss-reactive ketones (excluding diaryl/α,β-unsaturated/α-hetero) is 1. The van der Waals surface area contributed by atoms with Gasteiger partial charge in [-0.2, -0.15) is 0 Å². The lowest BCUT2D eigenvalue weighted by Crippen LogP contribution is -2.23. The van der Waals surface area contributed by atoms with E-state index in [1.54, 1.807) is 36.4 Å². The van der Waals surface area contributed by atoms with Crippen molar-refractivity contribution < 1.29 is 19.1 Å². The zero-order chi connectivity index (χ0) is 18.0. The second-order valence-corrected chi connectivity index (χ2v) is 5.68. The van der Waals surface area contributed by atoms with Gasteiger partial charge in [-0.05, 0) is 30.3 Å². The number of amides is 1. The summed E-state index contributed by atoms with van der Waals surface area (Å²) >= 11 is 5.98. The van der Waals surface area contributed by atoms with Gasteiger partial charge in [-0.25, -0.2) is 0 Å². The maximum Gasteiger partial charge on any atom is 0.296 e. The van der Waals surface area contributed by atoms with Gasteiger partial charge in [-0.15, -0.1) is 0 Å². The molecule has 0 bridgehead atoms. The van der Waals surface area contributed by atoms with Gasteiger partial charge in [0, 0.05) is 28.2 Å². The minimum atomic E-state index is -0.785. The minimum absolute atomic E-state index is 0.247. The van der Waals surface area contributed by atoms with Crippen molar-refractivity contribution >= 4 is 39.9 Å². The number of H-pyrrole nitrogens is 1. The van der Waals surface area contributed by atoms with E-state index >= 15 is 0 Å². The highest BCUT2D eigenvalue weighted by Gasteiger charge is 2.21. The predicted octanol–water partition coefficient (Wildman–Crippen LogP) is 3.66. The Morgan fingerprint density at radius 2 is 1.88 bits per heavy atom. The largest absolute Gasteiger partial charge is 0.497 e. The van der Waals surface area contributed by atoms with Crippen molar-refractivity contribution in [1.29, 1.82) is 0 Å². The zero-order valence-electron chi connectivity index (χ0n) is 13.6. The number of benzene rings is 2. The highest BCUT2D eigenvalue weighted by Crippen LogP contribution is 2.29. The first-order valence-electron chi connectivity index (χ1n) is 7.38. The van der Waals surface area contributed by atoms with Gasteiger partial charge >= 0.3 is 0 Å². The van der Waals surface area contributed by atoms with E-state index in [0.29, 0.717) is 27.6 Å². The van der Waals surface area contributed by atoms with E-state index in [0.717, 1.165) is 5.52 Å². The summed E-state index contributed by atoms with van der Waals surface area (Å²) in [7, 11) is 2.98. The zero-order valence-corrected chi connectivity index (χ0v) is 14.3. The molecule has 1 amide bonds. The molecule has 1 heterocycles. The third-order valence-electron chi connectivity index (χ3n) is 3.75. The van der Waals surface area contributed by atoms with E-state index in [4.69, 9.17) is 21.1 Å². The van der Waals surface area contributed by atoms with Crippen LogP contribution in [0.1, 0.15) is 10.4 Å². The number of anilines is 1. The van der Waals surface area contributed by atoms with Crippen molar-refractivity contribution in [3.8, 4) is 11.5 Å². The Balaban J connectivity index is 1.90. The van der Waals surface area contributed by atoms with Crippen LogP contribution in [-0.4, -0.2) is 30.9 Å². The van der Waals surface area contributed by atoms with Crippen molar-refractivity contribution in [3.05, 3.63) is 53.2 Å². The summed E-state index contributed by atoms with van der Waals surface area (Å²) in [5, 5.41) is 3.63. The molecule has 0 unspecified atom stereocenters. The highest BCUT2D eigenvalue weighted by molar-refractivity contribution is 6.48. The fraction of sp³-hybridized carbons (Fsp3) is 0.111. The number of halogens is 1. The molecule has 0 fully saturated rings. The van der Waals surface area contributed by atoms with E-state index in [1.807, 2.05) is 0 Å². The number of hydrogen-bond donors (Lipinski definition) is 2. The molecule has 3 rings (SSSR count). The Morgan fingerprint density at radius 1 is 1.08 bits per heavy atom. The van der Waals surface area contributed by atoms with E-state index in [9.17, 15) is 9.59 Å². The molecule has 2 N–H and O–H groups in total. The molecule has 3 aromatic rings. The Morgan fingerprint density at radius 3 is 2.60 bits per heavy atom. The van der Waals surface area contributed by atoms with Gasteiger partial charge in [0.05, 0.1) is 25.5 Å². The number of rotatable bonds is 5. The predicted molar refractivity (Wildman–Crippen MR) is 95.8 cm³/mol. The number of fused-ring (bicyclic) bond motifs is 1. The second-order valence-electron chi connectivity index (χ2n) is 5.24. The molecule has 0 spiro atoms. The van der Waals surface area contributed by atoms with Crippen molar-refractivity contribution in [2.24, 2.45) is 0 Å². The van der Waals surface area contributed by atoms with Crippen LogP contribution in [0.2, 0.25) is 5.02 Å². The van der Waals surface area contributed by atoms with E-state index < -0.39 is 11.7 Å². The molecule has 7 heteroatoms. The van der Waals surface area contributed by atoms with Gasteiger partial charge in [0.1, 0.15) is 11.5 Å². The summed E-state index contributed by atoms with van der Waals surface area (Å²) in [6.45, 7) is 0. The monoisotopic (exact) mass is 358 g/mol. The molecule has 0 aliphatic heterocycles. The number of methoxy groups -OCH3 is 2. The number of aromatic amines is 1. The molecule has 25 heavy (non-hydrogen) atoms. The second kappa shape index (κ2) is 6.86. The van der Waals surface area contributed by atoms with Crippen LogP contribution in [0, 0.1) is 0 Å². The summed E-state index contributed by atoms with van der Waals surface area (Å²) in [4.78, 5) is 27.9. The molecular formula is C18H15ClN2O4. The van der Waals surface area contributed by atoms with Crippen LogP contribution in [0.15, 0.2) is 42.6 Å². The van der Waals surface area contributed by atoms with Gasteiger partial charge in [0.15, 0.2) is 0 Å². The fourth-order valence-electron chi connectivity index (χ4n) is 2.49. The van der Waals surface area contributed by atoms with Gasteiger partial charge in [0.25, 0.3) is 11.7 Å². The van der Waals surface area contributed by atoms with Crippen molar-refractivity contribution in [2.45, 2.75) is 0 Å². The van der Waals surface area contributed by atoms with Crippen LogP contribution in [0.5, 0.6) is 11.5 Å². The molecule has 0 saturated carbocycles. The summed E-state index contributed by atoms with van der Waals surface area (Å²) in [5.74, 6) is -0.517. The average Bonchev–Trinajstić information content (AvgIpc) is 3.03. The average molecular weight is 359 g/mol. The van der Waals surface area contributed by atoms with Crippen LogP contribution in [0.25, 0.3) is 10.9 Å². The number of hydrogen-bond acceptors (Lipinski definition) is 4. The lowest BCUT2D eigenvalue weighted by atomic mass is 10.1. The van der Waals surface area contributed by atoms with Crippen LogP contribution >= 0.6 is 11.6 Å². The standard InChI is InChI=1S/C18H15ClN2O4/c1-24-11-4-6-16(25-2)15(8-11)21-18(23)17(22)13-9-20-14-5-3-10(19)7-12(13)14/h3-9,20H,1-2H3,(H,21,23). The third-order valence-corrected chi connectivity index (χ3v) is 3.98. The lowest BCUT2D eigenvalue weighted by molar-refractivity contribution is -0.112. The normalized spacial score (nSPS) is 10.5. The van der Waals surface area contributed by atoms with Crippen LogP contribution in [0.4, 0.5) is 5.69 Å². The van der Waals surface area contributed by atoms with Gasteiger partial charge in [-0.3, -0.25) is 9.59 Å². The lowest BCUT2D eigenvalue weighted by Gasteiger charge is -2.11. The maximum atomic E-state index is 12.5. The number of carbonyl (C=O) groups excluding carboxylic acids is 2. The Hall–Kier alpha value is -2.99. The molecule has 0 radical (unpaired) electrons. The van der Waals surface area contributed by atoms with Crippen LogP contribution < -0.4 is 14.8 Å². The number of carbonyl (C=O) groups is 2. The first-order chi connectivity index (χ1) is 12.0. The number of nitrogens with one attached hydrogen (secondary N) is 2. The minimum Gasteiger partial charge on any atom is -0.497 e. The summed E-state index contributed by atoms with van der Waals surface area (Å²) < 4.78 is 10.3. The van der Waals surface area contributed by atoms with Gasteiger partial charge in [-0.1, -0.05) is 11.6 Å². The van der Waals surface area contributed by atoms with Crippen molar-refractivity contribution in [2.75, 3.05) is 19.5 Å². The quantitative estimate of drug-likeness (QED) is 0.538. The fourth-order valence-corrected chi connectivity index (χ4v) is 2.67. The smallest absolute Gasteiger partial charge is 0.296 e. The van der Waals surface area contributed by atoms with E-state index in [-0.39, 0.29) is 5.56 Å². The third kappa shape index (κ3) is 3.29. The molecule has 2 aromatic carbocycles. The Kier molecular flexibility index (Phi) is 4.63. The number of ketones is 1. The van der Waals surface area contributed by atoms with Gasteiger partial charge in [0.2, 0.25) is 0 Å². The maximum absolute atomic E-state index is 12.5. The topological polar surface area (TPSA) is 80.4 Å². The van der Waals surface area contributed by atoms with Crippen LogP contribution in [-0.2, 0) is 4.79 Å². The van der Waals surface area contributed by atoms with E-state index in [1.165, 1.54) is 20.4 Å². The molecule has 6 nitrogen and oxygen atoms in total. The summed E-state index contributed by atoms with van der Waals surface area (Å²) in [6, 6.07) is 10.0. The van der Waals surface area contributed by atoms with Crippen molar-refractivity contribution in [1.82, 2.24) is 4.98 Å². The highest BCUT2D eigenvalue weighted by atomic mass is 35.5. The Labute approximate surface area is 148 Å². The number of ether oxygens (including phenoxy) is 2. The van der Waals surface area contributed by atoms with Crippen LogP contribution in [0.3, 0.4) is 0 Å². The van der Waals surface area contributed by atoms with E-state index in [2.05, 4.69) is 10.3 Å². The molecule has 0 aliphatic carbocycles.